The molecule has 0 radical (unpaired) electrons. The summed E-state index contributed by atoms with van der Waals surface area (Å²) in [5.74, 6) is -0.0742. The number of hydrogen-bond acceptors (Lipinski definition) is 9. The number of nitro benzene ring substituents is 1. The van der Waals surface area contributed by atoms with Crippen molar-refractivity contribution in [3.8, 4) is 11.5 Å². The fourth-order valence-corrected chi connectivity index (χ4v) is 4.64. The first-order chi connectivity index (χ1) is 17.9. The van der Waals surface area contributed by atoms with E-state index in [1.165, 1.54) is 6.07 Å². The third kappa shape index (κ3) is 6.27. The molecule has 0 aliphatic carbocycles. The van der Waals surface area contributed by atoms with Gasteiger partial charge < -0.3 is 19.1 Å². The van der Waals surface area contributed by atoms with Gasteiger partial charge in [0, 0.05) is 19.2 Å². The summed E-state index contributed by atoms with van der Waals surface area (Å²) in [7, 11) is 0. The second-order valence-electron chi connectivity index (χ2n) is 8.07. The van der Waals surface area contributed by atoms with Crippen molar-refractivity contribution in [2.75, 3.05) is 39.5 Å². The molecule has 0 bridgehead atoms. The Balaban J connectivity index is 1.47. The van der Waals surface area contributed by atoms with Crippen molar-refractivity contribution in [3.05, 3.63) is 68.6 Å². The largest absolute Gasteiger partial charge is 0.490 e. The van der Waals surface area contributed by atoms with Gasteiger partial charge in [0.15, 0.2) is 11.5 Å². The Bertz CT molecular complexity index is 1240. The van der Waals surface area contributed by atoms with E-state index in [0.717, 1.165) is 16.7 Å². The van der Waals surface area contributed by atoms with E-state index in [2.05, 4.69) is 0 Å². The van der Waals surface area contributed by atoms with Gasteiger partial charge in [0.05, 0.1) is 35.2 Å². The smallest absolute Gasteiger partial charge is 0.294 e. The number of carbonyl (C=O) groups excluding carboxylic acids is 3. The minimum atomic E-state index is -0.536. The number of thioether (sulfide) groups is 1. The molecule has 2 saturated heterocycles. The first-order valence-corrected chi connectivity index (χ1v) is 12.4. The molecule has 2 aromatic rings. The second kappa shape index (κ2) is 11.9. The van der Waals surface area contributed by atoms with Gasteiger partial charge in [0.25, 0.3) is 16.8 Å². The molecule has 2 aromatic carbocycles. The standard InChI is InChI=1S/C25H25N3O8S/c1-2-35-21-13-17(7-8-20(21)36-16-18-5-3-4-6-19(18)28(32)33)14-22-24(30)27(25(31)37-22)15-23(29)26-9-11-34-12-10-26/h3-8,13-14H,2,9-12,15-16H2,1H3/b22-14+. The quantitative estimate of drug-likeness (QED) is 0.273. The number of carbonyl (C=O) groups is 3. The van der Waals surface area contributed by atoms with Crippen molar-refractivity contribution in [3.63, 3.8) is 0 Å². The molecule has 2 aliphatic heterocycles. The molecule has 0 spiro atoms. The van der Waals surface area contributed by atoms with E-state index in [-0.39, 0.29) is 29.7 Å². The van der Waals surface area contributed by atoms with Crippen LogP contribution in [0.1, 0.15) is 18.1 Å². The average Bonchev–Trinajstić information content (AvgIpc) is 3.16. The average molecular weight is 528 g/mol. The molecule has 0 unspecified atom stereocenters. The summed E-state index contributed by atoms with van der Waals surface area (Å²) in [6, 6.07) is 11.3. The van der Waals surface area contributed by atoms with Gasteiger partial charge in [-0.3, -0.25) is 29.4 Å². The maximum Gasteiger partial charge on any atom is 0.294 e. The summed E-state index contributed by atoms with van der Waals surface area (Å²) >= 11 is 0.768. The van der Waals surface area contributed by atoms with E-state index in [4.69, 9.17) is 14.2 Å². The lowest BCUT2D eigenvalue weighted by Crippen LogP contribution is -2.46. The molecule has 0 atom stereocenters. The van der Waals surface area contributed by atoms with Crippen molar-refractivity contribution < 1.29 is 33.5 Å². The van der Waals surface area contributed by atoms with Crippen LogP contribution in [0.15, 0.2) is 47.4 Å². The van der Waals surface area contributed by atoms with Crippen LogP contribution in [0.2, 0.25) is 0 Å². The summed E-state index contributed by atoms with van der Waals surface area (Å²) in [5.41, 5.74) is 0.964. The Labute approximate surface area is 217 Å². The summed E-state index contributed by atoms with van der Waals surface area (Å²) in [4.78, 5) is 51.4. The highest BCUT2D eigenvalue weighted by Crippen LogP contribution is 2.35. The molecule has 11 nitrogen and oxygen atoms in total. The van der Waals surface area contributed by atoms with Gasteiger partial charge in [-0.25, -0.2) is 0 Å². The summed E-state index contributed by atoms with van der Waals surface area (Å²) in [6.07, 6.45) is 1.55. The lowest BCUT2D eigenvalue weighted by molar-refractivity contribution is -0.385. The fourth-order valence-electron chi connectivity index (χ4n) is 3.80. The predicted molar refractivity (Wildman–Crippen MR) is 135 cm³/mol. The number of amides is 3. The van der Waals surface area contributed by atoms with Crippen LogP contribution >= 0.6 is 11.8 Å². The van der Waals surface area contributed by atoms with Crippen LogP contribution in [0.3, 0.4) is 0 Å². The zero-order valence-electron chi connectivity index (χ0n) is 20.1. The fraction of sp³-hybridized carbons (Fsp3) is 0.320. The predicted octanol–water partition coefficient (Wildman–Crippen LogP) is 3.47. The van der Waals surface area contributed by atoms with Gasteiger partial charge in [0.2, 0.25) is 5.91 Å². The van der Waals surface area contributed by atoms with E-state index in [0.29, 0.717) is 55.5 Å². The zero-order valence-corrected chi connectivity index (χ0v) is 20.9. The highest BCUT2D eigenvalue weighted by molar-refractivity contribution is 8.18. The van der Waals surface area contributed by atoms with Crippen molar-refractivity contribution in [1.29, 1.82) is 0 Å². The Morgan fingerprint density at radius 2 is 1.89 bits per heavy atom. The van der Waals surface area contributed by atoms with Gasteiger partial charge in [-0.05, 0) is 48.5 Å². The van der Waals surface area contributed by atoms with Gasteiger partial charge in [0.1, 0.15) is 13.2 Å². The van der Waals surface area contributed by atoms with Gasteiger partial charge in [-0.15, -0.1) is 0 Å². The number of rotatable bonds is 9. The monoisotopic (exact) mass is 527 g/mol. The maximum atomic E-state index is 12.9. The third-order valence-electron chi connectivity index (χ3n) is 5.67. The highest BCUT2D eigenvalue weighted by atomic mass is 32.2. The van der Waals surface area contributed by atoms with E-state index < -0.39 is 16.1 Å². The summed E-state index contributed by atoms with van der Waals surface area (Å²) < 4.78 is 16.7. The van der Waals surface area contributed by atoms with Crippen molar-refractivity contribution >= 4 is 40.6 Å². The highest BCUT2D eigenvalue weighted by Gasteiger charge is 2.37. The van der Waals surface area contributed by atoms with Gasteiger partial charge in [-0.2, -0.15) is 0 Å². The molecular formula is C25H25N3O8S. The molecule has 2 aliphatic rings. The molecule has 0 saturated carbocycles. The van der Waals surface area contributed by atoms with E-state index in [1.807, 2.05) is 0 Å². The number of hydrogen-bond donors (Lipinski definition) is 0. The number of nitrogens with zero attached hydrogens (tertiary/aromatic N) is 3. The lowest BCUT2D eigenvalue weighted by Gasteiger charge is -2.28. The second-order valence-corrected chi connectivity index (χ2v) is 9.07. The molecule has 37 heavy (non-hydrogen) atoms. The molecule has 3 amide bonds. The molecule has 2 fully saturated rings. The molecule has 2 heterocycles. The Morgan fingerprint density at radius 1 is 1.14 bits per heavy atom. The van der Waals surface area contributed by atoms with E-state index in [9.17, 15) is 24.5 Å². The number of para-hydroxylation sites is 1. The first kappa shape index (κ1) is 26.2. The van der Waals surface area contributed by atoms with Crippen molar-refractivity contribution in [2.45, 2.75) is 13.5 Å². The van der Waals surface area contributed by atoms with Crippen LogP contribution < -0.4 is 9.47 Å². The summed E-state index contributed by atoms with van der Waals surface area (Å²) in [5, 5.41) is 10.8. The Kier molecular flexibility index (Phi) is 8.41. The Morgan fingerprint density at radius 3 is 2.62 bits per heavy atom. The molecule has 12 heteroatoms. The number of ether oxygens (including phenoxy) is 3. The first-order valence-electron chi connectivity index (χ1n) is 11.6. The van der Waals surface area contributed by atoms with Crippen molar-refractivity contribution in [2.24, 2.45) is 0 Å². The van der Waals surface area contributed by atoms with E-state index >= 15 is 0 Å². The van der Waals surface area contributed by atoms with Crippen molar-refractivity contribution in [1.82, 2.24) is 9.80 Å². The normalized spacial score (nSPS) is 16.8. The van der Waals surface area contributed by atoms with Crippen LogP contribution in [-0.4, -0.2) is 71.2 Å². The summed E-state index contributed by atoms with van der Waals surface area (Å²) in [6.45, 7) is 3.50. The lowest BCUT2D eigenvalue weighted by atomic mass is 10.1. The SMILES string of the molecule is CCOc1cc(/C=C2/SC(=O)N(CC(=O)N3CCOCC3)C2=O)ccc1OCc1ccccc1[N+](=O)[O-]. The molecular weight excluding hydrogens is 502 g/mol. The molecule has 4 rings (SSSR count). The minimum Gasteiger partial charge on any atom is -0.490 e. The Hall–Kier alpha value is -3.90. The van der Waals surface area contributed by atoms with Crippen LogP contribution in [0.4, 0.5) is 10.5 Å². The van der Waals surface area contributed by atoms with Gasteiger partial charge in [-0.1, -0.05) is 18.2 Å². The number of imide groups is 1. The number of benzene rings is 2. The van der Waals surface area contributed by atoms with E-state index in [1.54, 1.807) is 54.3 Å². The molecule has 0 aromatic heterocycles. The minimum absolute atomic E-state index is 0.0351. The molecule has 0 N–H and O–H groups in total. The number of morpholine rings is 1. The van der Waals surface area contributed by atoms with Crippen LogP contribution in [0, 0.1) is 10.1 Å². The zero-order chi connectivity index (χ0) is 26.4. The topological polar surface area (TPSA) is 129 Å². The molecule has 194 valence electrons. The van der Waals surface area contributed by atoms with Crippen LogP contribution in [0.5, 0.6) is 11.5 Å². The maximum absolute atomic E-state index is 12.9. The number of nitro groups is 1. The third-order valence-corrected chi connectivity index (χ3v) is 6.58. The van der Waals surface area contributed by atoms with Gasteiger partial charge >= 0.3 is 0 Å². The van der Waals surface area contributed by atoms with Crippen LogP contribution in [0.25, 0.3) is 6.08 Å². The van der Waals surface area contributed by atoms with Crippen LogP contribution in [-0.2, 0) is 20.9 Å².